The summed E-state index contributed by atoms with van der Waals surface area (Å²) in [6.45, 7) is 6.37. The van der Waals surface area contributed by atoms with E-state index in [0.29, 0.717) is 0 Å². The zero-order chi connectivity index (χ0) is 7.56. The first-order valence-corrected chi connectivity index (χ1v) is 3.72. The maximum Gasteiger partial charge on any atom is -0.0117 e. The number of rotatable bonds is 1. The van der Waals surface area contributed by atoms with Gasteiger partial charge in [-0.3, -0.25) is 0 Å². The van der Waals surface area contributed by atoms with Crippen LogP contribution in [0.25, 0.3) is 0 Å². The summed E-state index contributed by atoms with van der Waals surface area (Å²) in [6, 6.07) is 7.64. The molecule has 1 aromatic carbocycles. The van der Waals surface area contributed by atoms with E-state index < -0.39 is 0 Å². The molecule has 0 nitrogen and oxygen atoms in total. The lowest BCUT2D eigenvalue weighted by Crippen LogP contribution is -1.84. The standard InChI is InChI=1S/C10H13/c1-4-10-6-8(2)5-9(3)7-10/h5-6H,4H2,1-3H3. The van der Waals surface area contributed by atoms with Crippen LogP contribution in [0.1, 0.15) is 23.6 Å². The zero-order valence-electron chi connectivity index (χ0n) is 6.86. The minimum absolute atomic E-state index is 1.09. The molecule has 53 valence electrons. The molecule has 1 aromatic rings. The van der Waals surface area contributed by atoms with E-state index in [1.807, 2.05) is 0 Å². The number of aryl methyl sites for hydroxylation is 3. The van der Waals surface area contributed by atoms with Gasteiger partial charge in [0.05, 0.1) is 0 Å². The fourth-order valence-electron chi connectivity index (χ4n) is 1.17. The Balaban J connectivity index is 3.06. The van der Waals surface area contributed by atoms with Crippen molar-refractivity contribution in [2.24, 2.45) is 0 Å². The molecule has 0 saturated carbocycles. The second-order valence-electron chi connectivity index (χ2n) is 2.72. The van der Waals surface area contributed by atoms with Crippen LogP contribution in [-0.4, -0.2) is 0 Å². The first kappa shape index (κ1) is 7.33. The van der Waals surface area contributed by atoms with E-state index in [9.17, 15) is 0 Å². The molecule has 0 aromatic heterocycles. The molecule has 0 aliphatic rings. The summed E-state index contributed by atoms with van der Waals surface area (Å²) in [7, 11) is 0. The molecule has 0 aliphatic carbocycles. The van der Waals surface area contributed by atoms with Gasteiger partial charge in [-0.2, -0.15) is 0 Å². The monoisotopic (exact) mass is 133 g/mol. The summed E-state index contributed by atoms with van der Waals surface area (Å²) in [5.41, 5.74) is 3.91. The highest BCUT2D eigenvalue weighted by Crippen LogP contribution is 2.07. The van der Waals surface area contributed by atoms with Crippen LogP contribution >= 0.6 is 0 Å². The van der Waals surface area contributed by atoms with Crippen LogP contribution in [0.5, 0.6) is 0 Å². The molecule has 0 bridgehead atoms. The van der Waals surface area contributed by atoms with E-state index in [1.54, 1.807) is 0 Å². The van der Waals surface area contributed by atoms with Crippen LogP contribution in [0.2, 0.25) is 0 Å². The van der Waals surface area contributed by atoms with Gasteiger partial charge in [0.15, 0.2) is 0 Å². The van der Waals surface area contributed by atoms with E-state index in [0.717, 1.165) is 6.42 Å². The average molecular weight is 133 g/mol. The van der Waals surface area contributed by atoms with Crippen molar-refractivity contribution in [3.63, 3.8) is 0 Å². The van der Waals surface area contributed by atoms with Crippen LogP contribution in [-0.2, 0) is 6.42 Å². The maximum absolute atomic E-state index is 3.30. The Labute approximate surface area is 62.9 Å². The molecule has 0 fully saturated rings. The lowest BCUT2D eigenvalue weighted by molar-refractivity contribution is 1.12. The summed E-state index contributed by atoms with van der Waals surface area (Å²) in [5, 5.41) is 0. The van der Waals surface area contributed by atoms with Gasteiger partial charge in [0.1, 0.15) is 0 Å². The maximum atomic E-state index is 3.30. The molecule has 1 rings (SSSR count). The Kier molecular flexibility index (Phi) is 2.10. The molecule has 0 N–H and O–H groups in total. The third-order valence-corrected chi connectivity index (χ3v) is 1.58. The number of hydrogen-bond acceptors (Lipinski definition) is 0. The second-order valence-corrected chi connectivity index (χ2v) is 2.72. The first-order chi connectivity index (χ1) is 4.72. The van der Waals surface area contributed by atoms with E-state index in [2.05, 4.69) is 39.0 Å². The Hall–Kier alpha value is -0.780. The Bertz CT molecular complexity index is 203. The van der Waals surface area contributed by atoms with Crippen LogP contribution in [0, 0.1) is 19.9 Å². The van der Waals surface area contributed by atoms with Crippen molar-refractivity contribution in [1.82, 2.24) is 0 Å². The zero-order valence-corrected chi connectivity index (χ0v) is 6.86. The van der Waals surface area contributed by atoms with Crippen molar-refractivity contribution >= 4 is 0 Å². The highest BCUT2D eigenvalue weighted by molar-refractivity contribution is 5.26. The minimum Gasteiger partial charge on any atom is -0.0613 e. The van der Waals surface area contributed by atoms with Crippen molar-refractivity contribution in [3.8, 4) is 0 Å². The molecule has 0 saturated heterocycles. The fourth-order valence-corrected chi connectivity index (χ4v) is 1.17. The third-order valence-electron chi connectivity index (χ3n) is 1.58. The van der Waals surface area contributed by atoms with E-state index in [4.69, 9.17) is 0 Å². The first-order valence-electron chi connectivity index (χ1n) is 3.72. The van der Waals surface area contributed by atoms with Crippen LogP contribution in [0.4, 0.5) is 0 Å². The van der Waals surface area contributed by atoms with Gasteiger partial charge in [-0.15, -0.1) is 0 Å². The van der Waals surface area contributed by atoms with Gasteiger partial charge in [-0.25, -0.2) is 0 Å². The van der Waals surface area contributed by atoms with Gasteiger partial charge in [0.25, 0.3) is 0 Å². The molecule has 10 heavy (non-hydrogen) atoms. The molecular formula is C10H13. The highest BCUT2D eigenvalue weighted by atomic mass is 14.0. The topological polar surface area (TPSA) is 0 Å². The number of benzene rings is 1. The third kappa shape index (κ3) is 1.60. The smallest absolute Gasteiger partial charge is 0.0117 e. The van der Waals surface area contributed by atoms with Crippen LogP contribution in [0.15, 0.2) is 12.1 Å². The van der Waals surface area contributed by atoms with Gasteiger partial charge in [-0.1, -0.05) is 24.6 Å². The average Bonchev–Trinajstić information content (AvgIpc) is 1.85. The van der Waals surface area contributed by atoms with Crippen molar-refractivity contribution in [2.45, 2.75) is 27.2 Å². The van der Waals surface area contributed by atoms with Gasteiger partial charge < -0.3 is 0 Å². The fraction of sp³-hybridized carbons (Fsp3) is 0.400. The summed E-state index contributed by atoms with van der Waals surface area (Å²) in [6.07, 6.45) is 1.09. The summed E-state index contributed by atoms with van der Waals surface area (Å²) in [5.74, 6) is 0. The van der Waals surface area contributed by atoms with Crippen LogP contribution < -0.4 is 0 Å². The van der Waals surface area contributed by atoms with Gasteiger partial charge in [0.2, 0.25) is 0 Å². The molecule has 0 aliphatic heterocycles. The van der Waals surface area contributed by atoms with Gasteiger partial charge in [-0.05, 0) is 37.5 Å². The molecule has 0 spiro atoms. The van der Waals surface area contributed by atoms with E-state index in [1.165, 1.54) is 16.7 Å². The predicted molar refractivity (Wildman–Crippen MR) is 44.1 cm³/mol. The predicted octanol–water partition coefficient (Wildman–Crippen LogP) is 2.67. The van der Waals surface area contributed by atoms with Crippen LogP contribution in [0.3, 0.4) is 0 Å². The molecule has 0 atom stereocenters. The Morgan fingerprint density at radius 3 is 2.50 bits per heavy atom. The largest absolute Gasteiger partial charge is 0.0613 e. The normalized spacial score (nSPS) is 9.90. The van der Waals surface area contributed by atoms with Crippen molar-refractivity contribution in [1.29, 1.82) is 0 Å². The lowest BCUT2D eigenvalue weighted by atomic mass is 10.1. The Morgan fingerprint density at radius 1 is 1.30 bits per heavy atom. The van der Waals surface area contributed by atoms with Gasteiger partial charge >= 0.3 is 0 Å². The molecule has 0 amide bonds. The highest BCUT2D eigenvalue weighted by Gasteiger charge is 1.91. The van der Waals surface area contributed by atoms with E-state index in [-0.39, 0.29) is 0 Å². The second kappa shape index (κ2) is 2.87. The number of hydrogen-bond donors (Lipinski definition) is 0. The Morgan fingerprint density at radius 2 is 2.00 bits per heavy atom. The van der Waals surface area contributed by atoms with E-state index >= 15 is 0 Å². The summed E-state index contributed by atoms with van der Waals surface area (Å²) < 4.78 is 0. The minimum atomic E-state index is 1.09. The van der Waals surface area contributed by atoms with Gasteiger partial charge in [0, 0.05) is 0 Å². The molecule has 0 heteroatoms. The summed E-state index contributed by atoms with van der Waals surface area (Å²) in [4.78, 5) is 0. The molecule has 0 unspecified atom stereocenters. The lowest BCUT2D eigenvalue weighted by Gasteiger charge is -1.99. The molecule has 0 heterocycles. The van der Waals surface area contributed by atoms with Crippen molar-refractivity contribution in [2.75, 3.05) is 0 Å². The van der Waals surface area contributed by atoms with Crippen molar-refractivity contribution < 1.29 is 0 Å². The summed E-state index contributed by atoms with van der Waals surface area (Å²) >= 11 is 0. The molecule has 1 radical (unpaired) electrons. The van der Waals surface area contributed by atoms with Crippen molar-refractivity contribution in [3.05, 3.63) is 34.9 Å². The molecular weight excluding hydrogens is 120 g/mol. The quantitative estimate of drug-likeness (QED) is 0.552. The SMILES string of the molecule is CCc1[c]c(C)cc(C)c1.